The van der Waals surface area contributed by atoms with Crippen LogP contribution < -0.4 is 15.8 Å². The molecule has 1 heterocycles. The second-order valence-corrected chi connectivity index (χ2v) is 4.19. The quantitative estimate of drug-likeness (QED) is 0.844. The molecular formula is C15H17N3O2. The van der Waals surface area contributed by atoms with Crippen molar-refractivity contribution in [2.75, 3.05) is 11.9 Å². The van der Waals surface area contributed by atoms with Crippen LogP contribution in [0.1, 0.15) is 22.8 Å². The van der Waals surface area contributed by atoms with Crippen molar-refractivity contribution in [2.24, 2.45) is 5.73 Å². The van der Waals surface area contributed by atoms with E-state index in [0.29, 0.717) is 24.6 Å². The van der Waals surface area contributed by atoms with E-state index in [-0.39, 0.29) is 0 Å². The molecule has 0 saturated carbocycles. The average molecular weight is 271 g/mol. The number of anilines is 1. The summed E-state index contributed by atoms with van der Waals surface area (Å²) in [6.45, 7) is 3.01. The maximum Gasteiger partial charge on any atom is 0.249 e. The molecule has 104 valence electrons. The summed E-state index contributed by atoms with van der Waals surface area (Å²) in [5, 5.41) is 3.20. The van der Waals surface area contributed by atoms with E-state index in [0.717, 1.165) is 11.3 Å². The van der Waals surface area contributed by atoms with Gasteiger partial charge in [-0.1, -0.05) is 18.2 Å². The molecule has 0 fully saturated rings. The highest BCUT2D eigenvalue weighted by Gasteiger charge is 2.06. The van der Waals surface area contributed by atoms with Crippen LogP contribution in [0, 0.1) is 0 Å². The second-order valence-electron chi connectivity index (χ2n) is 4.19. The number of ether oxygens (including phenoxy) is 1. The summed E-state index contributed by atoms with van der Waals surface area (Å²) in [6.07, 6.45) is 1.69. The third-order valence-electron chi connectivity index (χ3n) is 2.79. The molecule has 0 bridgehead atoms. The van der Waals surface area contributed by atoms with E-state index in [1.54, 1.807) is 24.4 Å². The first-order valence-electron chi connectivity index (χ1n) is 6.41. The van der Waals surface area contributed by atoms with Gasteiger partial charge < -0.3 is 15.8 Å². The molecule has 0 unspecified atom stereocenters. The summed E-state index contributed by atoms with van der Waals surface area (Å²) in [6, 6.07) is 10.9. The Morgan fingerprint density at radius 2 is 2.10 bits per heavy atom. The molecule has 3 N–H and O–H groups in total. The third-order valence-corrected chi connectivity index (χ3v) is 2.79. The molecule has 1 amide bonds. The largest absolute Gasteiger partial charge is 0.478 e. The zero-order valence-corrected chi connectivity index (χ0v) is 11.3. The fourth-order valence-electron chi connectivity index (χ4n) is 1.83. The Morgan fingerprint density at radius 1 is 1.30 bits per heavy atom. The summed E-state index contributed by atoms with van der Waals surface area (Å²) >= 11 is 0. The average Bonchev–Trinajstić information content (AvgIpc) is 2.47. The van der Waals surface area contributed by atoms with E-state index in [2.05, 4.69) is 10.3 Å². The summed E-state index contributed by atoms with van der Waals surface area (Å²) in [5.74, 6) is 0.169. The van der Waals surface area contributed by atoms with Crippen molar-refractivity contribution in [1.82, 2.24) is 4.98 Å². The van der Waals surface area contributed by atoms with Crippen LogP contribution in [-0.2, 0) is 6.54 Å². The molecule has 0 aliphatic carbocycles. The maximum atomic E-state index is 11.3. The van der Waals surface area contributed by atoms with Gasteiger partial charge in [0.2, 0.25) is 11.8 Å². The zero-order valence-electron chi connectivity index (χ0n) is 11.3. The van der Waals surface area contributed by atoms with Crippen LogP contribution in [-0.4, -0.2) is 17.5 Å². The van der Waals surface area contributed by atoms with Crippen LogP contribution in [0.25, 0.3) is 0 Å². The van der Waals surface area contributed by atoms with E-state index in [9.17, 15) is 4.79 Å². The number of primary amides is 1. The Morgan fingerprint density at radius 3 is 2.75 bits per heavy atom. The topological polar surface area (TPSA) is 77.2 Å². The Kier molecular flexibility index (Phi) is 4.55. The SMILES string of the molecule is CCOc1ccc(NCc2ccccc2C(N)=O)cn1. The number of rotatable bonds is 6. The summed E-state index contributed by atoms with van der Waals surface area (Å²) in [5.41, 5.74) is 7.58. The van der Waals surface area contributed by atoms with Crippen LogP contribution in [0.2, 0.25) is 0 Å². The number of hydrogen-bond donors (Lipinski definition) is 2. The van der Waals surface area contributed by atoms with Crippen molar-refractivity contribution < 1.29 is 9.53 Å². The molecule has 5 heteroatoms. The number of pyridine rings is 1. The highest BCUT2D eigenvalue weighted by molar-refractivity contribution is 5.94. The van der Waals surface area contributed by atoms with Crippen LogP contribution >= 0.6 is 0 Å². The van der Waals surface area contributed by atoms with Crippen LogP contribution in [0.3, 0.4) is 0 Å². The number of carbonyl (C=O) groups is 1. The number of nitrogens with one attached hydrogen (secondary N) is 1. The normalized spacial score (nSPS) is 10.1. The molecule has 0 spiro atoms. The van der Waals surface area contributed by atoms with Crippen molar-refractivity contribution in [3.05, 3.63) is 53.7 Å². The van der Waals surface area contributed by atoms with Gasteiger partial charge in [0.15, 0.2) is 0 Å². The minimum Gasteiger partial charge on any atom is -0.478 e. The van der Waals surface area contributed by atoms with Crippen molar-refractivity contribution in [3.8, 4) is 5.88 Å². The van der Waals surface area contributed by atoms with Gasteiger partial charge in [-0.05, 0) is 24.6 Å². The number of carbonyl (C=O) groups excluding carboxylic acids is 1. The van der Waals surface area contributed by atoms with E-state index in [1.807, 2.05) is 25.1 Å². The molecule has 2 aromatic rings. The number of benzene rings is 1. The van der Waals surface area contributed by atoms with E-state index < -0.39 is 5.91 Å². The van der Waals surface area contributed by atoms with Gasteiger partial charge in [0.25, 0.3) is 0 Å². The number of nitrogens with zero attached hydrogens (tertiary/aromatic N) is 1. The molecule has 1 aromatic carbocycles. The molecule has 0 saturated heterocycles. The van der Waals surface area contributed by atoms with Crippen molar-refractivity contribution >= 4 is 11.6 Å². The Labute approximate surface area is 117 Å². The van der Waals surface area contributed by atoms with E-state index in [1.165, 1.54) is 0 Å². The molecule has 0 atom stereocenters. The van der Waals surface area contributed by atoms with Gasteiger partial charge in [0, 0.05) is 18.2 Å². The molecule has 0 aliphatic heterocycles. The number of hydrogen-bond acceptors (Lipinski definition) is 4. The van der Waals surface area contributed by atoms with Crippen LogP contribution in [0.4, 0.5) is 5.69 Å². The summed E-state index contributed by atoms with van der Waals surface area (Å²) in [7, 11) is 0. The third kappa shape index (κ3) is 3.47. The predicted molar refractivity (Wildman–Crippen MR) is 77.7 cm³/mol. The van der Waals surface area contributed by atoms with Gasteiger partial charge in [-0.3, -0.25) is 4.79 Å². The van der Waals surface area contributed by atoms with Gasteiger partial charge in [-0.25, -0.2) is 4.98 Å². The minimum atomic E-state index is -0.424. The molecule has 20 heavy (non-hydrogen) atoms. The highest BCUT2D eigenvalue weighted by atomic mass is 16.5. The molecule has 2 rings (SSSR count). The first-order valence-corrected chi connectivity index (χ1v) is 6.41. The van der Waals surface area contributed by atoms with Gasteiger partial charge >= 0.3 is 0 Å². The first-order chi connectivity index (χ1) is 9.70. The lowest BCUT2D eigenvalue weighted by molar-refractivity contribution is 0.0999. The smallest absolute Gasteiger partial charge is 0.249 e. The summed E-state index contributed by atoms with van der Waals surface area (Å²) in [4.78, 5) is 15.5. The van der Waals surface area contributed by atoms with Crippen molar-refractivity contribution in [2.45, 2.75) is 13.5 Å². The number of nitrogens with two attached hydrogens (primary N) is 1. The highest BCUT2D eigenvalue weighted by Crippen LogP contribution is 2.14. The lowest BCUT2D eigenvalue weighted by Crippen LogP contribution is -2.15. The molecule has 5 nitrogen and oxygen atoms in total. The fourth-order valence-corrected chi connectivity index (χ4v) is 1.83. The maximum absolute atomic E-state index is 11.3. The van der Waals surface area contributed by atoms with Gasteiger partial charge in [0.1, 0.15) is 0 Å². The number of amides is 1. The molecular weight excluding hydrogens is 254 g/mol. The van der Waals surface area contributed by atoms with Gasteiger partial charge in [0.05, 0.1) is 18.5 Å². The van der Waals surface area contributed by atoms with Crippen molar-refractivity contribution in [1.29, 1.82) is 0 Å². The van der Waals surface area contributed by atoms with Crippen LogP contribution in [0.5, 0.6) is 5.88 Å². The standard InChI is InChI=1S/C15H17N3O2/c1-2-20-14-8-7-12(10-18-14)17-9-11-5-3-4-6-13(11)15(16)19/h3-8,10,17H,2,9H2,1H3,(H2,16,19). The first kappa shape index (κ1) is 13.9. The molecule has 1 aromatic heterocycles. The zero-order chi connectivity index (χ0) is 14.4. The minimum absolute atomic E-state index is 0.424. The van der Waals surface area contributed by atoms with Crippen molar-refractivity contribution in [3.63, 3.8) is 0 Å². The Balaban J connectivity index is 2.03. The Hall–Kier alpha value is -2.56. The molecule has 0 aliphatic rings. The molecule has 0 radical (unpaired) electrons. The fraction of sp³-hybridized carbons (Fsp3) is 0.200. The predicted octanol–water partition coefficient (Wildman–Crippen LogP) is 2.19. The second kappa shape index (κ2) is 6.56. The lowest BCUT2D eigenvalue weighted by atomic mass is 10.1. The Bertz CT molecular complexity index is 582. The van der Waals surface area contributed by atoms with E-state index in [4.69, 9.17) is 10.5 Å². The van der Waals surface area contributed by atoms with Gasteiger partial charge in [-0.2, -0.15) is 0 Å². The lowest BCUT2D eigenvalue weighted by Gasteiger charge is -2.09. The van der Waals surface area contributed by atoms with Crippen LogP contribution in [0.15, 0.2) is 42.6 Å². The monoisotopic (exact) mass is 271 g/mol. The summed E-state index contributed by atoms with van der Waals surface area (Å²) < 4.78 is 5.27. The van der Waals surface area contributed by atoms with E-state index >= 15 is 0 Å². The van der Waals surface area contributed by atoms with Gasteiger partial charge in [-0.15, -0.1) is 0 Å². The number of aromatic nitrogens is 1.